The number of anilines is 2. The minimum absolute atomic E-state index is 0.685. The first kappa shape index (κ1) is 12.1. The van der Waals surface area contributed by atoms with Crippen molar-refractivity contribution >= 4 is 11.8 Å². The highest BCUT2D eigenvalue weighted by molar-refractivity contribution is 5.39. The number of nitrogens with zero attached hydrogens (tertiary/aromatic N) is 2. The van der Waals surface area contributed by atoms with Crippen molar-refractivity contribution < 1.29 is 4.74 Å². The average molecular weight is 236 g/mol. The molecule has 5 heteroatoms. The summed E-state index contributed by atoms with van der Waals surface area (Å²) in [4.78, 5) is 8.52. The molecule has 0 amide bonds. The molecule has 0 unspecified atom stereocenters. The zero-order valence-electron chi connectivity index (χ0n) is 10.3. The normalized spacial score (nSPS) is 16.8. The Labute approximate surface area is 102 Å². The van der Waals surface area contributed by atoms with E-state index in [4.69, 9.17) is 4.74 Å². The SMILES string of the molecule is CCNc1nccc(NCC2CCOCC2)n1. The lowest BCUT2D eigenvalue weighted by Crippen LogP contribution is -2.23. The molecule has 0 aliphatic carbocycles. The van der Waals surface area contributed by atoms with Crippen molar-refractivity contribution in [3.63, 3.8) is 0 Å². The van der Waals surface area contributed by atoms with Crippen LogP contribution in [0.2, 0.25) is 0 Å². The van der Waals surface area contributed by atoms with Crippen LogP contribution >= 0.6 is 0 Å². The van der Waals surface area contributed by atoms with Gasteiger partial charge in [-0.25, -0.2) is 4.98 Å². The van der Waals surface area contributed by atoms with Gasteiger partial charge in [0.1, 0.15) is 5.82 Å². The van der Waals surface area contributed by atoms with E-state index in [2.05, 4.69) is 20.6 Å². The summed E-state index contributed by atoms with van der Waals surface area (Å²) in [6.45, 7) is 5.61. The number of aromatic nitrogens is 2. The molecule has 1 saturated heterocycles. The Morgan fingerprint density at radius 2 is 2.18 bits per heavy atom. The maximum atomic E-state index is 5.34. The molecule has 94 valence electrons. The smallest absolute Gasteiger partial charge is 0.224 e. The maximum absolute atomic E-state index is 5.34. The van der Waals surface area contributed by atoms with Crippen molar-refractivity contribution in [3.05, 3.63) is 12.3 Å². The molecule has 1 aromatic rings. The summed E-state index contributed by atoms with van der Waals surface area (Å²) in [6, 6.07) is 1.90. The molecule has 0 spiro atoms. The monoisotopic (exact) mass is 236 g/mol. The summed E-state index contributed by atoms with van der Waals surface area (Å²) in [7, 11) is 0. The first-order valence-corrected chi connectivity index (χ1v) is 6.27. The van der Waals surface area contributed by atoms with Gasteiger partial charge in [-0.3, -0.25) is 0 Å². The second-order valence-corrected chi connectivity index (χ2v) is 4.23. The van der Waals surface area contributed by atoms with E-state index in [1.807, 2.05) is 13.0 Å². The minimum atomic E-state index is 0.685. The van der Waals surface area contributed by atoms with Crippen molar-refractivity contribution in [1.29, 1.82) is 0 Å². The molecule has 5 nitrogen and oxygen atoms in total. The molecule has 1 aromatic heterocycles. The number of rotatable bonds is 5. The Morgan fingerprint density at radius 3 is 2.94 bits per heavy atom. The maximum Gasteiger partial charge on any atom is 0.224 e. The molecule has 0 aromatic carbocycles. The van der Waals surface area contributed by atoms with Crippen LogP contribution in [-0.4, -0.2) is 36.3 Å². The fourth-order valence-corrected chi connectivity index (χ4v) is 1.90. The van der Waals surface area contributed by atoms with Gasteiger partial charge in [-0.05, 0) is 31.7 Å². The van der Waals surface area contributed by atoms with Gasteiger partial charge >= 0.3 is 0 Å². The van der Waals surface area contributed by atoms with Crippen molar-refractivity contribution in [3.8, 4) is 0 Å². The number of hydrogen-bond donors (Lipinski definition) is 2. The zero-order chi connectivity index (χ0) is 11.9. The predicted molar refractivity (Wildman–Crippen MR) is 68.2 cm³/mol. The predicted octanol–water partition coefficient (Wildman–Crippen LogP) is 1.75. The van der Waals surface area contributed by atoms with Crippen LogP contribution in [0.4, 0.5) is 11.8 Å². The van der Waals surface area contributed by atoms with E-state index in [1.54, 1.807) is 6.20 Å². The van der Waals surface area contributed by atoms with E-state index >= 15 is 0 Å². The molecule has 1 fully saturated rings. The molecular formula is C12H20N4O. The topological polar surface area (TPSA) is 59.1 Å². The van der Waals surface area contributed by atoms with E-state index < -0.39 is 0 Å². The highest BCUT2D eigenvalue weighted by atomic mass is 16.5. The molecule has 0 atom stereocenters. The molecule has 2 heterocycles. The van der Waals surface area contributed by atoms with Gasteiger partial charge in [-0.2, -0.15) is 4.98 Å². The quantitative estimate of drug-likeness (QED) is 0.815. The Kier molecular flexibility index (Phi) is 4.55. The van der Waals surface area contributed by atoms with Crippen molar-refractivity contribution in [2.24, 2.45) is 5.92 Å². The van der Waals surface area contributed by atoms with Crippen LogP contribution in [0.25, 0.3) is 0 Å². The van der Waals surface area contributed by atoms with E-state index in [0.29, 0.717) is 11.9 Å². The summed E-state index contributed by atoms with van der Waals surface area (Å²) in [5.74, 6) is 2.27. The number of nitrogens with one attached hydrogen (secondary N) is 2. The Hall–Kier alpha value is -1.36. The van der Waals surface area contributed by atoms with Crippen LogP contribution in [0.3, 0.4) is 0 Å². The summed E-state index contributed by atoms with van der Waals surface area (Å²) in [5, 5.41) is 6.47. The number of ether oxygens (including phenoxy) is 1. The van der Waals surface area contributed by atoms with Gasteiger partial charge in [0.25, 0.3) is 0 Å². The average Bonchev–Trinajstić information content (AvgIpc) is 2.39. The standard InChI is InChI=1S/C12H20N4O/c1-2-13-12-14-6-3-11(16-12)15-9-10-4-7-17-8-5-10/h3,6,10H,2,4-5,7-9H2,1H3,(H2,13,14,15,16). The largest absolute Gasteiger partial charge is 0.381 e. The lowest BCUT2D eigenvalue weighted by atomic mass is 10.0. The third kappa shape index (κ3) is 3.85. The van der Waals surface area contributed by atoms with Gasteiger partial charge in [0.05, 0.1) is 0 Å². The van der Waals surface area contributed by atoms with Crippen molar-refractivity contribution in [1.82, 2.24) is 9.97 Å². The molecule has 0 bridgehead atoms. The van der Waals surface area contributed by atoms with Gasteiger partial charge < -0.3 is 15.4 Å². The van der Waals surface area contributed by atoms with Gasteiger partial charge in [-0.15, -0.1) is 0 Å². The van der Waals surface area contributed by atoms with Crippen molar-refractivity contribution in [2.45, 2.75) is 19.8 Å². The van der Waals surface area contributed by atoms with E-state index in [1.165, 1.54) is 0 Å². The molecule has 0 radical (unpaired) electrons. The van der Waals surface area contributed by atoms with Gasteiger partial charge in [0.15, 0.2) is 0 Å². The van der Waals surface area contributed by atoms with Crippen LogP contribution < -0.4 is 10.6 Å². The van der Waals surface area contributed by atoms with Crippen LogP contribution in [0.15, 0.2) is 12.3 Å². The van der Waals surface area contributed by atoms with Crippen LogP contribution in [0.1, 0.15) is 19.8 Å². The highest BCUT2D eigenvalue weighted by Crippen LogP contribution is 2.15. The van der Waals surface area contributed by atoms with E-state index in [9.17, 15) is 0 Å². The summed E-state index contributed by atoms with van der Waals surface area (Å²) in [5.41, 5.74) is 0. The fourth-order valence-electron chi connectivity index (χ4n) is 1.90. The first-order chi connectivity index (χ1) is 8.38. The van der Waals surface area contributed by atoms with E-state index in [-0.39, 0.29) is 0 Å². The molecule has 2 N–H and O–H groups in total. The third-order valence-corrected chi connectivity index (χ3v) is 2.90. The lowest BCUT2D eigenvalue weighted by Gasteiger charge is -2.22. The van der Waals surface area contributed by atoms with Crippen molar-refractivity contribution in [2.75, 3.05) is 36.9 Å². The molecular weight excluding hydrogens is 216 g/mol. The Balaban J connectivity index is 1.83. The van der Waals surface area contributed by atoms with Crippen LogP contribution in [0, 0.1) is 5.92 Å². The summed E-state index contributed by atoms with van der Waals surface area (Å²) >= 11 is 0. The Bertz CT molecular complexity index is 339. The third-order valence-electron chi connectivity index (χ3n) is 2.90. The van der Waals surface area contributed by atoms with E-state index in [0.717, 1.165) is 45.0 Å². The Morgan fingerprint density at radius 1 is 1.35 bits per heavy atom. The lowest BCUT2D eigenvalue weighted by molar-refractivity contribution is 0.0699. The fraction of sp³-hybridized carbons (Fsp3) is 0.667. The van der Waals surface area contributed by atoms with Gasteiger partial charge in [-0.1, -0.05) is 0 Å². The minimum Gasteiger partial charge on any atom is -0.381 e. The second-order valence-electron chi connectivity index (χ2n) is 4.23. The highest BCUT2D eigenvalue weighted by Gasteiger charge is 2.13. The zero-order valence-corrected chi connectivity index (χ0v) is 10.3. The summed E-state index contributed by atoms with van der Waals surface area (Å²) in [6.07, 6.45) is 4.05. The number of hydrogen-bond acceptors (Lipinski definition) is 5. The molecule has 0 saturated carbocycles. The molecule has 2 rings (SSSR count). The van der Waals surface area contributed by atoms with Gasteiger partial charge in [0.2, 0.25) is 5.95 Å². The van der Waals surface area contributed by atoms with Gasteiger partial charge in [0, 0.05) is 32.5 Å². The van der Waals surface area contributed by atoms with Crippen LogP contribution in [-0.2, 0) is 4.74 Å². The molecule has 1 aliphatic heterocycles. The molecule has 17 heavy (non-hydrogen) atoms. The second kappa shape index (κ2) is 6.39. The van der Waals surface area contributed by atoms with Crippen LogP contribution in [0.5, 0.6) is 0 Å². The summed E-state index contributed by atoms with van der Waals surface area (Å²) < 4.78 is 5.34. The first-order valence-electron chi connectivity index (χ1n) is 6.27. The molecule has 1 aliphatic rings.